The first-order valence-corrected chi connectivity index (χ1v) is 5.52. The van der Waals surface area contributed by atoms with Crippen molar-refractivity contribution in [3.63, 3.8) is 0 Å². The van der Waals surface area contributed by atoms with Crippen LogP contribution in [0, 0.1) is 0 Å². The molecule has 20 heavy (non-hydrogen) atoms. The molecule has 1 aromatic carbocycles. The largest absolute Gasteiger partial charge is 0.504 e. The van der Waals surface area contributed by atoms with Crippen molar-refractivity contribution in [2.24, 2.45) is 0 Å². The number of alkyl halides is 3. The SMILES string of the molecule is CCOC(=O)C(O)(c1ccc(O)c(OC)c1)C(F)(F)F. The maximum atomic E-state index is 13.0. The molecule has 8 heteroatoms. The van der Waals surface area contributed by atoms with E-state index in [9.17, 15) is 28.2 Å². The van der Waals surface area contributed by atoms with Gasteiger partial charge in [0, 0.05) is 5.56 Å². The highest BCUT2D eigenvalue weighted by atomic mass is 19.4. The summed E-state index contributed by atoms with van der Waals surface area (Å²) in [6, 6.07) is 2.37. The fourth-order valence-electron chi connectivity index (χ4n) is 1.54. The molecule has 5 nitrogen and oxygen atoms in total. The van der Waals surface area contributed by atoms with Gasteiger partial charge in [0.2, 0.25) is 0 Å². The summed E-state index contributed by atoms with van der Waals surface area (Å²) < 4.78 is 48.1. The number of benzene rings is 1. The van der Waals surface area contributed by atoms with Gasteiger partial charge in [0.15, 0.2) is 11.5 Å². The fourth-order valence-corrected chi connectivity index (χ4v) is 1.54. The Morgan fingerprint density at radius 2 is 1.95 bits per heavy atom. The molecule has 0 aliphatic rings. The van der Waals surface area contributed by atoms with E-state index in [0.717, 1.165) is 25.3 Å². The molecule has 0 radical (unpaired) electrons. The van der Waals surface area contributed by atoms with Gasteiger partial charge in [-0.05, 0) is 19.1 Å². The molecule has 1 unspecified atom stereocenters. The highest BCUT2D eigenvalue weighted by molar-refractivity contribution is 5.82. The summed E-state index contributed by atoms with van der Waals surface area (Å²) in [7, 11) is 1.12. The van der Waals surface area contributed by atoms with E-state index in [-0.39, 0.29) is 12.4 Å². The number of hydrogen-bond acceptors (Lipinski definition) is 5. The summed E-state index contributed by atoms with van der Waals surface area (Å²) in [6.45, 7) is 0.985. The van der Waals surface area contributed by atoms with Crippen LogP contribution in [0.4, 0.5) is 13.2 Å². The number of carbonyl (C=O) groups is 1. The van der Waals surface area contributed by atoms with Gasteiger partial charge < -0.3 is 19.7 Å². The molecular formula is C12H13F3O5. The minimum Gasteiger partial charge on any atom is -0.504 e. The van der Waals surface area contributed by atoms with Crippen molar-refractivity contribution in [3.05, 3.63) is 23.8 Å². The number of halogens is 3. The predicted octanol–water partition coefficient (Wildman–Crippen LogP) is 1.71. The van der Waals surface area contributed by atoms with Gasteiger partial charge in [0.1, 0.15) is 0 Å². The van der Waals surface area contributed by atoms with E-state index in [2.05, 4.69) is 9.47 Å². The van der Waals surface area contributed by atoms with Crippen molar-refractivity contribution in [1.29, 1.82) is 0 Å². The Labute approximate surface area is 112 Å². The van der Waals surface area contributed by atoms with Gasteiger partial charge in [-0.3, -0.25) is 0 Å². The van der Waals surface area contributed by atoms with Crippen molar-refractivity contribution >= 4 is 5.97 Å². The maximum absolute atomic E-state index is 13.0. The highest BCUT2D eigenvalue weighted by Crippen LogP contribution is 2.42. The lowest BCUT2D eigenvalue weighted by atomic mass is 9.92. The number of rotatable bonds is 4. The first-order chi connectivity index (χ1) is 9.18. The van der Waals surface area contributed by atoms with E-state index in [1.54, 1.807) is 0 Å². The summed E-state index contributed by atoms with van der Waals surface area (Å²) in [5, 5.41) is 19.1. The van der Waals surface area contributed by atoms with Gasteiger partial charge >= 0.3 is 12.1 Å². The fraction of sp³-hybridized carbons (Fsp3) is 0.417. The maximum Gasteiger partial charge on any atom is 0.432 e. The van der Waals surface area contributed by atoms with Crippen LogP contribution in [0.5, 0.6) is 11.5 Å². The van der Waals surface area contributed by atoms with Crippen molar-refractivity contribution < 1.29 is 37.7 Å². The Morgan fingerprint density at radius 3 is 2.40 bits per heavy atom. The molecule has 1 atom stereocenters. The Morgan fingerprint density at radius 1 is 1.35 bits per heavy atom. The summed E-state index contributed by atoms with van der Waals surface area (Å²) in [5.41, 5.74) is -4.64. The van der Waals surface area contributed by atoms with Gasteiger partial charge in [-0.2, -0.15) is 13.2 Å². The van der Waals surface area contributed by atoms with E-state index < -0.39 is 29.1 Å². The van der Waals surface area contributed by atoms with E-state index in [1.165, 1.54) is 6.92 Å². The molecule has 0 bridgehead atoms. The molecule has 0 aliphatic carbocycles. The van der Waals surface area contributed by atoms with Crippen LogP contribution < -0.4 is 4.74 Å². The summed E-state index contributed by atoms with van der Waals surface area (Å²) in [4.78, 5) is 11.5. The van der Waals surface area contributed by atoms with Crippen LogP contribution in [0.2, 0.25) is 0 Å². The molecule has 0 spiro atoms. The third-order valence-electron chi connectivity index (χ3n) is 2.58. The molecular weight excluding hydrogens is 281 g/mol. The van der Waals surface area contributed by atoms with Crippen molar-refractivity contribution in [2.45, 2.75) is 18.7 Å². The zero-order valence-corrected chi connectivity index (χ0v) is 10.7. The highest BCUT2D eigenvalue weighted by Gasteiger charge is 2.62. The smallest absolute Gasteiger partial charge is 0.432 e. The third-order valence-corrected chi connectivity index (χ3v) is 2.58. The van der Waals surface area contributed by atoms with Gasteiger partial charge in [-0.25, -0.2) is 4.79 Å². The third kappa shape index (κ3) is 2.64. The Hall–Kier alpha value is -1.96. The van der Waals surface area contributed by atoms with Crippen molar-refractivity contribution in [2.75, 3.05) is 13.7 Å². The average Bonchev–Trinajstić information content (AvgIpc) is 2.37. The number of esters is 1. The monoisotopic (exact) mass is 294 g/mol. The van der Waals surface area contributed by atoms with Gasteiger partial charge in [0.05, 0.1) is 13.7 Å². The number of methoxy groups -OCH3 is 1. The topological polar surface area (TPSA) is 76.0 Å². The Kier molecular flexibility index (Phi) is 4.49. The minimum atomic E-state index is -5.29. The number of hydrogen-bond donors (Lipinski definition) is 2. The van der Waals surface area contributed by atoms with Crippen LogP contribution in [-0.4, -0.2) is 36.1 Å². The van der Waals surface area contributed by atoms with Crippen molar-refractivity contribution in [3.8, 4) is 11.5 Å². The van der Waals surface area contributed by atoms with E-state index in [0.29, 0.717) is 0 Å². The van der Waals surface area contributed by atoms with Crippen LogP contribution in [0.3, 0.4) is 0 Å². The van der Waals surface area contributed by atoms with Crippen LogP contribution in [0.15, 0.2) is 18.2 Å². The standard InChI is InChI=1S/C12H13F3O5/c1-3-20-10(17)11(18,12(13,14)15)7-4-5-8(16)9(6-7)19-2/h4-6,16,18H,3H2,1-2H3. The van der Waals surface area contributed by atoms with E-state index >= 15 is 0 Å². The van der Waals surface area contributed by atoms with Crippen LogP contribution in [0.1, 0.15) is 12.5 Å². The van der Waals surface area contributed by atoms with Crippen LogP contribution >= 0.6 is 0 Å². The molecule has 1 rings (SSSR count). The quantitative estimate of drug-likeness (QED) is 0.827. The molecule has 1 aromatic rings. The second kappa shape index (κ2) is 5.58. The van der Waals surface area contributed by atoms with Gasteiger partial charge in [-0.15, -0.1) is 0 Å². The Balaban J connectivity index is 3.42. The lowest BCUT2D eigenvalue weighted by Crippen LogP contribution is -2.50. The van der Waals surface area contributed by atoms with E-state index in [1.807, 2.05) is 0 Å². The first-order valence-electron chi connectivity index (χ1n) is 5.52. The van der Waals surface area contributed by atoms with Crippen LogP contribution in [-0.2, 0) is 15.1 Å². The average molecular weight is 294 g/mol. The molecule has 0 aliphatic heterocycles. The Bertz CT molecular complexity index is 500. The molecule has 0 amide bonds. The summed E-state index contributed by atoms with van der Waals surface area (Å²) >= 11 is 0. The zero-order chi connectivity index (χ0) is 15.6. The lowest BCUT2D eigenvalue weighted by molar-refractivity contribution is -0.267. The normalized spacial score (nSPS) is 14.5. The number of carbonyl (C=O) groups excluding carboxylic acids is 1. The summed E-state index contributed by atoms with van der Waals surface area (Å²) in [6.07, 6.45) is -5.29. The number of aliphatic hydroxyl groups is 1. The number of phenolic OH excluding ortho intramolecular Hbond substituents is 1. The predicted molar refractivity (Wildman–Crippen MR) is 61.2 cm³/mol. The number of phenols is 1. The van der Waals surface area contributed by atoms with Gasteiger partial charge in [0.25, 0.3) is 5.60 Å². The van der Waals surface area contributed by atoms with Gasteiger partial charge in [-0.1, -0.05) is 6.07 Å². The summed E-state index contributed by atoms with van der Waals surface area (Å²) in [5.74, 6) is -2.58. The molecule has 0 fully saturated rings. The molecule has 2 N–H and O–H groups in total. The number of ether oxygens (including phenoxy) is 2. The number of aromatic hydroxyl groups is 1. The van der Waals surface area contributed by atoms with Crippen molar-refractivity contribution in [1.82, 2.24) is 0 Å². The molecule has 112 valence electrons. The zero-order valence-electron chi connectivity index (χ0n) is 10.7. The molecule has 0 heterocycles. The molecule has 0 aromatic heterocycles. The van der Waals surface area contributed by atoms with Crippen LogP contribution in [0.25, 0.3) is 0 Å². The molecule has 0 saturated carbocycles. The second-order valence-corrected chi connectivity index (χ2v) is 3.82. The minimum absolute atomic E-state index is 0.311. The van der Waals surface area contributed by atoms with E-state index in [4.69, 9.17) is 0 Å². The molecule has 0 saturated heterocycles. The first kappa shape index (κ1) is 16.1. The lowest BCUT2D eigenvalue weighted by Gasteiger charge is -2.28. The second-order valence-electron chi connectivity index (χ2n) is 3.82.